The fourth-order valence-corrected chi connectivity index (χ4v) is 2.92. The summed E-state index contributed by atoms with van der Waals surface area (Å²) >= 11 is 5.18. The highest BCUT2D eigenvalue weighted by molar-refractivity contribution is 7.80. The number of rotatable bonds is 3. The maximum absolute atomic E-state index is 5.86. The molecule has 0 bridgehead atoms. The highest BCUT2D eigenvalue weighted by Crippen LogP contribution is 2.25. The molecule has 0 aromatic carbocycles. The lowest BCUT2D eigenvalue weighted by atomic mass is 10.0. The molecule has 19 heavy (non-hydrogen) atoms. The number of thiocarbonyl (C=S) groups is 1. The number of aromatic nitrogens is 1. The van der Waals surface area contributed by atoms with Gasteiger partial charge in [0.15, 0.2) is 0 Å². The fourth-order valence-electron chi connectivity index (χ4n) is 2.67. The second-order valence-corrected chi connectivity index (χ2v) is 5.78. The number of nitrogens with two attached hydrogens (primary N) is 1. The van der Waals surface area contributed by atoms with E-state index in [0.29, 0.717) is 11.0 Å². The molecule has 0 aliphatic carbocycles. The first kappa shape index (κ1) is 14.2. The lowest BCUT2D eigenvalue weighted by Crippen LogP contribution is -2.43. The van der Waals surface area contributed by atoms with E-state index in [4.69, 9.17) is 18.0 Å². The molecule has 0 atom stereocenters. The summed E-state index contributed by atoms with van der Waals surface area (Å²) in [5.74, 6) is 0.919. The Morgan fingerprint density at radius 2 is 2.11 bits per heavy atom. The number of piperidine rings is 1. The topological polar surface area (TPSA) is 45.4 Å². The Labute approximate surface area is 120 Å². The predicted octanol–water partition coefficient (Wildman–Crippen LogP) is 1.55. The minimum atomic E-state index is 0.431. The largest absolute Gasteiger partial charge is 0.389 e. The predicted molar refractivity (Wildman–Crippen MR) is 83.8 cm³/mol. The van der Waals surface area contributed by atoms with E-state index >= 15 is 0 Å². The summed E-state index contributed by atoms with van der Waals surface area (Å²) in [6, 6.07) is 2.47. The summed E-state index contributed by atoms with van der Waals surface area (Å²) in [6.45, 7) is 4.29. The van der Waals surface area contributed by atoms with E-state index in [9.17, 15) is 0 Å². The van der Waals surface area contributed by atoms with Gasteiger partial charge in [-0.2, -0.15) is 0 Å². The Morgan fingerprint density at radius 1 is 1.47 bits per heavy atom. The first-order valence-electron chi connectivity index (χ1n) is 6.67. The zero-order valence-corrected chi connectivity index (χ0v) is 12.7. The van der Waals surface area contributed by atoms with Crippen LogP contribution >= 0.6 is 12.2 Å². The van der Waals surface area contributed by atoms with Crippen LogP contribution in [0.4, 0.5) is 5.82 Å². The molecule has 2 heterocycles. The molecule has 5 heteroatoms. The zero-order valence-electron chi connectivity index (χ0n) is 11.9. The molecule has 1 aliphatic heterocycles. The summed E-state index contributed by atoms with van der Waals surface area (Å²) in [6.07, 6.45) is 4.14. The van der Waals surface area contributed by atoms with E-state index in [0.717, 1.165) is 42.9 Å². The van der Waals surface area contributed by atoms with Crippen LogP contribution in [0, 0.1) is 6.92 Å². The number of hydrogen-bond acceptors (Lipinski definition) is 4. The van der Waals surface area contributed by atoms with Crippen LogP contribution < -0.4 is 10.6 Å². The van der Waals surface area contributed by atoms with Crippen molar-refractivity contribution in [2.75, 3.05) is 32.1 Å². The molecule has 1 aromatic rings. The van der Waals surface area contributed by atoms with Crippen molar-refractivity contribution in [3.8, 4) is 0 Å². The molecule has 0 unspecified atom stereocenters. The third kappa shape index (κ3) is 3.04. The van der Waals surface area contributed by atoms with Gasteiger partial charge >= 0.3 is 0 Å². The summed E-state index contributed by atoms with van der Waals surface area (Å²) in [5.41, 5.74) is 7.87. The SMILES string of the molecule is Cc1ccnc(N(C)C2CCN(C)CC2)c1C(N)=S. The average molecular weight is 278 g/mol. The van der Waals surface area contributed by atoms with Crippen LogP contribution in [0.3, 0.4) is 0 Å². The first-order chi connectivity index (χ1) is 9.00. The third-order valence-electron chi connectivity index (χ3n) is 3.96. The zero-order chi connectivity index (χ0) is 14.0. The summed E-state index contributed by atoms with van der Waals surface area (Å²) < 4.78 is 0. The smallest absolute Gasteiger partial charge is 0.139 e. The Balaban J connectivity index is 2.26. The van der Waals surface area contributed by atoms with Crippen molar-refractivity contribution in [3.63, 3.8) is 0 Å². The van der Waals surface area contributed by atoms with E-state index in [2.05, 4.69) is 28.9 Å². The van der Waals surface area contributed by atoms with Gasteiger partial charge in [-0.15, -0.1) is 0 Å². The Hall–Kier alpha value is -1.20. The van der Waals surface area contributed by atoms with Crippen molar-refractivity contribution in [2.45, 2.75) is 25.8 Å². The van der Waals surface area contributed by atoms with Crippen LogP contribution in [0.1, 0.15) is 24.0 Å². The average Bonchev–Trinajstić information content (AvgIpc) is 2.38. The van der Waals surface area contributed by atoms with Crippen molar-refractivity contribution in [1.29, 1.82) is 0 Å². The molecule has 4 nitrogen and oxygen atoms in total. The van der Waals surface area contributed by atoms with E-state index in [1.807, 2.05) is 19.2 Å². The second-order valence-electron chi connectivity index (χ2n) is 5.34. The molecule has 1 saturated heterocycles. The molecule has 2 rings (SSSR count). The quantitative estimate of drug-likeness (QED) is 0.850. The number of hydrogen-bond donors (Lipinski definition) is 1. The number of likely N-dealkylation sites (tertiary alicyclic amines) is 1. The van der Waals surface area contributed by atoms with Gasteiger partial charge < -0.3 is 15.5 Å². The normalized spacial score (nSPS) is 17.4. The van der Waals surface area contributed by atoms with Crippen LogP contribution in [0.25, 0.3) is 0 Å². The van der Waals surface area contributed by atoms with Crippen molar-refractivity contribution < 1.29 is 0 Å². The van der Waals surface area contributed by atoms with Crippen molar-refractivity contribution in [1.82, 2.24) is 9.88 Å². The van der Waals surface area contributed by atoms with Gasteiger partial charge in [0.25, 0.3) is 0 Å². The third-order valence-corrected chi connectivity index (χ3v) is 4.16. The van der Waals surface area contributed by atoms with Gasteiger partial charge in [0.2, 0.25) is 0 Å². The fraction of sp³-hybridized carbons (Fsp3) is 0.571. The van der Waals surface area contributed by atoms with Gasteiger partial charge in [-0.3, -0.25) is 0 Å². The molecule has 2 N–H and O–H groups in total. The van der Waals surface area contributed by atoms with Crippen LogP contribution in [-0.2, 0) is 0 Å². The lowest BCUT2D eigenvalue weighted by molar-refractivity contribution is 0.252. The van der Waals surface area contributed by atoms with Crippen LogP contribution in [0.5, 0.6) is 0 Å². The van der Waals surface area contributed by atoms with Crippen LogP contribution in [-0.4, -0.2) is 48.1 Å². The van der Waals surface area contributed by atoms with Gasteiger partial charge in [-0.05, 0) is 51.5 Å². The molecule has 1 aliphatic rings. The summed E-state index contributed by atoms with van der Waals surface area (Å²) in [7, 11) is 4.26. The molecule has 0 spiro atoms. The van der Waals surface area contributed by atoms with E-state index in [1.165, 1.54) is 0 Å². The Morgan fingerprint density at radius 3 is 2.68 bits per heavy atom. The van der Waals surface area contributed by atoms with E-state index < -0.39 is 0 Å². The number of anilines is 1. The van der Waals surface area contributed by atoms with Crippen LogP contribution in [0.2, 0.25) is 0 Å². The van der Waals surface area contributed by atoms with Gasteiger partial charge in [0.05, 0.1) is 5.56 Å². The van der Waals surface area contributed by atoms with Crippen LogP contribution in [0.15, 0.2) is 12.3 Å². The summed E-state index contributed by atoms with van der Waals surface area (Å²) in [4.78, 5) is 9.54. The Bertz CT molecular complexity index is 467. The lowest BCUT2D eigenvalue weighted by Gasteiger charge is -2.36. The minimum Gasteiger partial charge on any atom is -0.389 e. The molecule has 0 radical (unpaired) electrons. The minimum absolute atomic E-state index is 0.431. The summed E-state index contributed by atoms with van der Waals surface area (Å²) in [5, 5.41) is 0. The maximum Gasteiger partial charge on any atom is 0.139 e. The van der Waals surface area contributed by atoms with Crippen molar-refractivity contribution >= 4 is 23.0 Å². The van der Waals surface area contributed by atoms with Gasteiger partial charge in [-0.1, -0.05) is 12.2 Å². The number of nitrogens with zero attached hydrogens (tertiary/aromatic N) is 3. The van der Waals surface area contributed by atoms with E-state index in [1.54, 1.807) is 0 Å². The standard InChI is InChI=1S/C14H22N4S/c1-10-4-7-16-14(12(10)13(15)19)18(3)11-5-8-17(2)9-6-11/h4,7,11H,5-6,8-9H2,1-3H3,(H2,15,19). The molecule has 104 valence electrons. The van der Waals surface area contributed by atoms with Gasteiger partial charge in [-0.25, -0.2) is 4.98 Å². The molecule has 1 fully saturated rings. The molecule has 1 aromatic heterocycles. The van der Waals surface area contributed by atoms with E-state index in [-0.39, 0.29) is 0 Å². The van der Waals surface area contributed by atoms with Crippen molar-refractivity contribution in [2.24, 2.45) is 5.73 Å². The highest BCUT2D eigenvalue weighted by Gasteiger charge is 2.24. The number of pyridine rings is 1. The molecule has 0 amide bonds. The van der Waals surface area contributed by atoms with Crippen molar-refractivity contribution in [3.05, 3.63) is 23.4 Å². The highest BCUT2D eigenvalue weighted by atomic mass is 32.1. The first-order valence-corrected chi connectivity index (χ1v) is 7.08. The molecular formula is C14H22N4S. The van der Waals surface area contributed by atoms with Gasteiger partial charge in [0.1, 0.15) is 10.8 Å². The monoisotopic (exact) mass is 278 g/mol. The maximum atomic E-state index is 5.86. The van der Waals surface area contributed by atoms with Gasteiger partial charge in [0, 0.05) is 19.3 Å². The Kier molecular flexibility index (Phi) is 4.37. The molecular weight excluding hydrogens is 256 g/mol. The molecule has 0 saturated carbocycles. The second kappa shape index (κ2) is 5.84. The number of aryl methyl sites for hydroxylation is 1.